The quantitative estimate of drug-likeness (QED) is 0.124. The molecule has 25 heteroatoms. The maximum atomic E-state index is 10.4. The molecule has 29 heavy (non-hydrogen) atoms. The third-order valence-electron chi connectivity index (χ3n) is 1.12. The number of rotatable bonds is 5. The van der Waals surface area contributed by atoms with Gasteiger partial charge in [-0.3, -0.25) is 13.7 Å². The standard InChI is InChI=1S/C2H7O2P.2CH5O3P.H2O10P4/c3*1-5(2,3)4;1-9-14(10-2,11(3)4,12(5)6)13(7)8/h1-2H3,(H,3,4);2*1H3,(H2,2,3,4);1-2H. The zero-order valence-corrected chi connectivity index (χ0v) is 21.0. The Labute approximate surface area is 165 Å². The molecule has 0 aliphatic carbocycles. The summed E-state index contributed by atoms with van der Waals surface area (Å²) in [6, 6.07) is 0. The first-order valence-electron chi connectivity index (χ1n) is 5.76. The third kappa shape index (κ3) is 19.4. The van der Waals surface area contributed by atoms with Crippen molar-refractivity contribution in [3.05, 3.63) is 0 Å². The van der Waals surface area contributed by atoms with Crippen molar-refractivity contribution in [2.75, 3.05) is 26.7 Å². The fourth-order valence-electron chi connectivity index (χ4n) is 0.373. The summed E-state index contributed by atoms with van der Waals surface area (Å²) in [6.45, 7) is 4.31. The van der Waals surface area contributed by atoms with E-state index >= 15 is 0 Å². The van der Waals surface area contributed by atoms with Gasteiger partial charge in [-0.15, -0.1) is 0 Å². The molecule has 0 radical (unpaired) electrons. The third-order valence-corrected chi connectivity index (χ3v) is 17.6. The first-order chi connectivity index (χ1) is 12.3. The molecule has 0 fully saturated rings. The molecule has 18 nitrogen and oxygen atoms in total. The minimum absolute atomic E-state index is 0.854. The molecule has 3 unspecified atom stereocenters. The van der Waals surface area contributed by atoms with Gasteiger partial charge in [0.1, 0.15) is 0 Å². The molecule has 178 valence electrons. The van der Waals surface area contributed by atoms with Gasteiger partial charge >= 0.3 is 92.7 Å². The molecule has 0 aromatic rings. The van der Waals surface area contributed by atoms with Crippen LogP contribution < -0.4 is 14.7 Å². The minimum atomic E-state index is -6.53. The predicted molar refractivity (Wildman–Crippen MR) is 94.8 cm³/mol. The van der Waals surface area contributed by atoms with Crippen molar-refractivity contribution in [1.82, 2.24) is 0 Å². The fourth-order valence-corrected chi connectivity index (χ4v) is 6.48. The first-order valence-corrected chi connectivity index (χ1v) is 20.2. The van der Waals surface area contributed by atoms with E-state index in [9.17, 15) is 42.1 Å². The van der Waals surface area contributed by atoms with E-state index in [1.165, 1.54) is 13.3 Å². The van der Waals surface area contributed by atoms with E-state index in [0.29, 0.717) is 0 Å². The van der Waals surface area contributed by atoms with E-state index in [2.05, 4.69) is 9.35 Å². The second kappa shape index (κ2) is 14.2. The van der Waals surface area contributed by atoms with Gasteiger partial charge in [-0.1, -0.05) is 0 Å². The van der Waals surface area contributed by atoms with Crippen LogP contribution in [0.3, 0.4) is 0 Å². The molecule has 0 aliphatic heterocycles. The summed E-state index contributed by atoms with van der Waals surface area (Å²) in [5.74, 6) is 0. The van der Waals surface area contributed by atoms with Gasteiger partial charge in [0, 0.05) is 26.7 Å². The van der Waals surface area contributed by atoms with Gasteiger partial charge in [0.15, 0.2) is 7.37 Å². The van der Waals surface area contributed by atoms with E-state index in [1.807, 2.05) is 0 Å². The zero-order chi connectivity index (χ0) is 25.1. The summed E-state index contributed by atoms with van der Waals surface area (Å²) in [6.07, 6.45) is -6.53. The van der Waals surface area contributed by atoms with Crippen LogP contribution in [0.2, 0.25) is 0 Å². The van der Waals surface area contributed by atoms with Gasteiger partial charge < -0.3 is 24.5 Å². The van der Waals surface area contributed by atoms with Crippen LogP contribution in [0.4, 0.5) is 0 Å². The molecule has 0 aromatic carbocycles. The van der Waals surface area contributed by atoms with Crippen LogP contribution in [0.5, 0.6) is 0 Å². The van der Waals surface area contributed by atoms with Gasteiger partial charge in [0.25, 0.3) is 0 Å². The van der Waals surface area contributed by atoms with Gasteiger partial charge in [-0.25, -0.2) is 0 Å². The molecule has 0 aromatic heterocycles. The summed E-state index contributed by atoms with van der Waals surface area (Å²) < 4.78 is 65.6. The van der Waals surface area contributed by atoms with Crippen LogP contribution in [-0.2, 0) is 36.7 Å². The van der Waals surface area contributed by atoms with Gasteiger partial charge in [-0.2, -0.15) is 0 Å². The summed E-state index contributed by atoms with van der Waals surface area (Å²) in [7, 11) is -23.2. The van der Waals surface area contributed by atoms with Crippen molar-refractivity contribution in [2.45, 2.75) is 0 Å². The Hall–Kier alpha value is 0.940. The van der Waals surface area contributed by atoms with E-state index in [0.717, 1.165) is 13.3 Å². The van der Waals surface area contributed by atoms with Crippen LogP contribution in [0.1, 0.15) is 0 Å². The molecule has 0 rings (SSSR count). The maximum absolute atomic E-state index is 10.4. The second-order valence-corrected chi connectivity index (χ2v) is 26.3. The summed E-state index contributed by atoms with van der Waals surface area (Å²) in [4.78, 5) is 69.9. The zero-order valence-electron chi connectivity index (χ0n) is 14.8. The topological polar surface area (TPSA) is 332 Å². The Morgan fingerprint density at radius 1 is 0.655 bits per heavy atom. The normalized spacial score (nSPS) is 14.8. The molecule has 3 atom stereocenters. The molecule has 0 amide bonds. The van der Waals surface area contributed by atoms with Crippen LogP contribution in [0, 0.1) is 0 Å². The predicted octanol–water partition coefficient (Wildman–Crippen LogP) is -0.494. The molecule has 0 spiro atoms. The average molecular weight is 572 g/mol. The summed E-state index contributed by atoms with van der Waals surface area (Å²) in [5, 5.41) is 16.1. The Morgan fingerprint density at radius 2 is 0.759 bits per heavy atom. The van der Waals surface area contributed by atoms with Crippen LogP contribution in [0.15, 0.2) is 0 Å². The molecular weight excluding hydrogens is 553 g/mol. The molecule has 0 aliphatic rings. The van der Waals surface area contributed by atoms with Crippen LogP contribution >= 0.6 is 51.8 Å². The van der Waals surface area contributed by atoms with E-state index < -0.39 is 51.8 Å². The van der Waals surface area contributed by atoms with Crippen molar-refractivity contribution >= 4 is 51.8 Å². The Morgan fingerprint density at radius 3 is 0.759 bits per heavy atom. The van der Waals surface area contributed by atoms with Crippen LogP contribution in [0.25, 0.3) is 0 Å². The van der Waals surface area contributed by atoms with Crippen molar-refractivity contribution in [2.24, 2.45) is 0 Å². The molecule has 0 bridgehead atoms. The summed E-state index contributed by atoms with van der Waals surface area (Å²) >= 11 is 0. The van der Waals surface area contributed by atoms with Gasteiger partial charge in [0.05, 0.1) is 0 Å². The van der Waals surface area contributed by atoms with Crippen LogP contribution in [-0.4, -0.2) is 61.6 Å². The van der Waals surface area contributed by atoms with Crippen molar-refractivity contribution in [3.8, 4) is 0 Å². The molecule has 0 heterocycles. The number of hydrogen-bond acceptors (Lipinski definition) is 13. The molecule has 0 saturated heterocycles. The Balaban J connectivity index is -0.000000171. The van der Waals surface area contributed by atoms with Crippen molar-refractivity contribution in [1.29, 1.82) is 0 Å². The van der Waals surface area contributed by atoms with E-state index in [1.54, 1.807) is 0 Å². The first kappa shape index (κ1) is 37.3. The molecular formula is C4H19O18P7. The average Bonchev–Trinajstić information content (AvgIpc) is 2.34. The Kier molecular flexibility index (Phi) is 18.2. The van der Waals surface area contributed by atoms with Gasteiger partial charge in [-0.05, 0) is 0 Å². The monoisotopic (exact) mass is 572 g/mol. The SMILES string of the molecule is CP(=O)(O)O.CP(=O)(O)O.CP(C)(=O)O.O=[P+]([O-])P(OO)(OO)([P+](=O)[O-])[P+](=O)[O-]. The second-order valence-electron chi connectivity index (χ2n) is 4.67. The van der Waals surface area contributed by atoms with E-state index in [4.69, 9.17) is 35.0 Å². The van der Waals surface area contributed by atoms with Gasteiger partial charge in [0.2, 0.25) is 0 Å². The number of hydrogen-bond donors (Lipinski definition) is 7. The fraction of sp³-hybridized carbons (Fsp3) is 1.00. The van der Waals surface area contributed by atoms with E-state index in [-0.39, 0.29) is 0 Å². The Bertz CT molecular complexity index is 576. The molecule has 0 saturated carbocycles. The molecule has 7 N–H and O–H groups in total. The van der Waals surface area contributed by atoms with Crippen molar-refractivity contribution < 1.29 is 86.4 Å². The van der Waals surface area contributed by atoms with Crippen molar-refractivity contribution in [3.63, 3.8) is 0 Å². The summed E-state index contributed by atoms with van der Waals surface area (Å²) in [5.41, 5.74) is 0.